The fourth-order valence-electron chi connectivity index (χ4n) is 1.23. The lowest BCUT2D eigenvalue weighted by atomic mass is 10.1. The fourth-order valence-corrected chi connectivity index (χ4v) is 1.92. The molecule has 0 aromatic heterocycles. The van der Waals surface area contributed by atoms with E-state index in [2.05, 4.69) is 0 Å². The van der Waals surface area contributed by atoms with Crippen LogP contribution in [0.5, 0.6) is 0 Å². The highest BCUT2D eigenvalue weighted by atomic mass is 32.2. The zero-order valence-electron chi connectivity index (χ0n) is 8.64. The molecule has 0 bridgehead atoms. The summed E-state index contributed by atoms with van der Waals surface area (Å²) in [4.78, 5) is 0. The van der Waals surface area contributed by atoms with Gasteiger partial charge in [0.2, 0.25) is 10.0 Å². The molecule has 3 nitrogen and oxygen atoms in total. The first kappa shape index (κ1) is 11.2. The van der Waals surface area contributed by atoms with E-state index in [-0.39, 0.29) is 6.04 Å². The Labute approximate surface area is 85.4 Å². The molecule has 0 N–H and O–H groups in total. The van der Waals surface area contributed by atoms with Crippen molar-refractivity contribution in [1.82, 2.24) is 4.31 Å². The summed E-state index contributed by atoms with van der Waals surface area (Å²) < 4.78 is 23.9. The van der Waals surface area contributed by atoms with Crippen LogP contribution in [0.15, 0.2) is 30.3 Å². The summed E-state index contributed by atoms with van der Waals surface area (Å²) in [5, 5.41) is 0. The van der Waals surface area contributed by atoms with E-state index in [0.717, 1.165) is 5.56 Å². The summed E-state index contributed by atoms with van der Waals surface area (Å²) in [5.74, 6) is 0. The molecular weight excluding hydrogens is 198 g/mol. The standard InChI is InChI=1S/C10H15NO2S/c1-9(11(2)14(3,12)13)10-7-5-4-6-8-10/h4-9H,1-3H3. The molecule has 1 atom stereocenters. The van der Waals surface area contributed by atoms with Gasteiger partial charge in [0, 0.05) is 13.1 Å². The van der Waals surface area contributed by atoms with Crippen LogP contribution in [0.2, 0.25) is 0 Å². The Bertz CT molecular complexity index is 386. The Hall–Kier alpha value is -0.870. The van der Waals surface area contributed by atoms with Gasteiger partial charge in [0.15, 0.2) is 0 Å². The van der Waals surface area contributed by atoms with Crippen LogP contribution in [-0.4, -0.2) is 26.0 Å². The summed E-state index contributed by atoms with van der Waals surface area (Å²) in [5.41, 5.74) is 1.00. The molecule has 0 aliphatic carbocycles. The molecule has 14 heavy (non-hydrogen) atoms. The van der Waals surface area contributed by atoms with Gasteiger partial charge in [-0.2, -0.15) is 4.31 Å². The van der Waals surface area contributed by atoms with Crippen molar-refractivity contribution in [3.63, 3.8) is 0 Å². The van der Waals surface area contributed by atoms with Crippen LogP contribution in [0.25, 0.3) is 0 Å². The Morgan fingerprint density at radius 2 is 1.71 bits per heavy atom. The van der Waals surface area contributed by atoms with Gasteiger partial charge in [-0.1, -0.05) is 30.3 Å². The third-order valence-electron chi connectivity index (χ3n) is 2.35. The minimum absolute atomic E-state index is 0.119. The lowest BCUT2D eigenvalue weighted by Gasteiger charge is -2.22. The van der Waals surface area contributed by atoms with Crippen molar-refractivity contribution in [3.05, 3.63) is 35.9 Å². The van der Waals surface area contributed by atoms with E-state index < -0.39 is 10.0 Å². The third kappa shape index (κ3) is 2.56. The van der Waals surface area contributed by atoms with Gasteiger partial charge in [0.05, 0.1) is 6.26 Å². The molecule has 0 aliphatic heterocycles. The van der Waals surface area contributed by atoms with Crippen molar-refractivity contribution in [2.45, 2.75) is 13.0 Å². The minimum atomic E-state index is -3.12. The molecule has 0 saturated heterocycles. The second-order valence-electron chi connectivity index (χ2n) is 3.37. The predicted molar refractivity (Wildman–Crippen MR) is 57.5 cm³/mol. The molecule has 1 unspecified atom stereocenters. The summed E-state index contributed by atoms with van der Waals surface area (Å²) in [6.07, 6.45) is 1.21. The molecule has 0 saturated carbocycles. The topological polar surface area (TPSA) is 37.4 Å². The molecule has 0 fully saturated rings. The molecule has 0 aliphatic rings. The van der Waals surface area contributed by atoms with Gasteiger partial charge in [0.1, 0.15) is 0 Å². The Balaban J connectivity index is 2.92. The Morgan fingerprint density at radius 1 is 1.21 bits per heavy atom. The monoisotopic (exact) mass is 213 g/mol. The lowest BCUT2D eigenvalue weighted by Crippen LogP contribution is -2.28. The lowest BCUT2D eigenvalue weighted by molar-refractivity contribution is 0.402. The minimum Gasteiger partial charge on any atom is -0.212 e. The molecule has 0 radical (unpaired) electrons. The van der Waals surface area contributed by atoms with E-state index in [4.69, 9.17) is 0 Å². The van der Waals surface area contributed by atoms with E-state index in [0.29, 0.717) is 0 Å². The smallest absolute Gasteiger partial charge is 0.211 e. The van der Waals surface area contributed by atoms with Crippen LogP contribution < -0.4 is 0 Å². The van der Waals surface area contributed by atoms with E-state index in [9.17, 15) is 8.42 Å². The van der Waals surface area contributed by atoms with Crippen LogP contribution in [0, 0.1) is 0 Å². The van der Waals surface area contributed by atoms with Gasteiger partial charge in [0.25, 0.3) is 0 Å². The van der Waals surface area contributed by atoms with Crippen molar-refractivity contribution in [1.29, 1.82) is 0 Å². The van der Waals surface area contributed by atoms with Crippen molar-refractivity contribution >= 4 is 10.0 Å². The first-order valence-corrected chi connectivity index (χ1v) is 6.25. The Morgan fingerprint density at radius 3 is 2.14 bits per heavy atom. The summed E-state index contributed by atoms with van der Waals surface area (Å²) in [7, 11) is -1.53. The largest absolute Gasteiger partial charge is 0.212 e. The number of hydrogen-bond acceptors (Lipinski definition) is 2. The van der Waals surface area contributed by atoms with Crippen molar-refractivity contribution in [2.75, 3.05) is 13.3 Å². The first-order valence-electron chi connectivity index (χ1n) is 4.41. The number of rotatable bonds is 3. The maximum Gasteiger partial charge on any atom is 0.211 e. The van der Waals surface area contributed by atoms with Crippen LogP contribution in [0.3, 0.4) is 0 Å². The third-order valence-corrected chi connectivity index (χ3v) is 3.71. The summed E-state index contributed by atoms with van der Waals surface area (Å²) in [6.45, 7) is 1.87. The molecule has 1 aromatic carbocycles. The molecule has 1 aromatic rings. The number of hydrogen-bond donors (Lipinski definition) is 0. The molecule has 0 heterocycles. The molecule has 4 heteroatoms. The number of benzene rings is 1. The first-order chi connectivity index (χ1) is 6.43. The maximum atomic E-state index is 11.3. The van der Waals surface area contributed by atoms with Gasteiger partial charge in [-0.15, -0.1) is 0 Å². The fraction of sp³-hybridized carbons (Fsp3) is 0.400. The van der Waals surface area contributed by atoms with E-state index in [1.54, 1.807) is 7.05 Å². The highest BCUT2D eigenvalue weighted by Crippen LogP contribution is 2.19. The molecular formula is C10H15NO2S. The van der Waals surface area contributed by atoms with Crippen molar-refractivity contribution in [3.8, 4) is 0 Å². The zero-order chi connectivity index (χ0) is 10.8. The average Bonchev–Trinajstić information content (AvgIpc) is 2.15. The van der Waals surface area contributed by atoms with Crippen LogP contribution in [-0.2, 0) is 10.0 Å². The normalized spacial score (nSPS) is 14.3. The highest BCUT2D eigenvalue weighted by molar-refractivity contribution is 7.88. The zero-order valence-corrected chi connectivity index (χ0v) is 9.45. The van der Waals surface area contributed by atoms with Crippen molar-refractivity contribution < 1.29 is 8.42 Å². The number of nitrogens with zero attached hydrogens (tertiary/aromatic N) is 1. The summed E-state index contributed by atoms with van der Waals surface area (Å²) in [6, 6.07) is 9.45. The van der Waals surface area contributed by atoms with Crippen LogP contribution in [0.1, 0.15) is 18.5 Å². The molecule has 0 amide bonds. The molecule has 78 valence electrons. The average molecular weight is 213 g/mol. The SMILES string of the molecule is CC(c1ccccc1)N(C)S(C)(=O)=O. The number of sulfonamides is 1. The highest BCUT2D eigenvalue weighted by Gasteiger charge is 2.19. The van der Waals surface area contributed by atoms with Crippen molar-refractivity contribution in [2.24, 2.45) is 0 Å². The van der Waals surface area contributed by atoms with Gasteiger partial charge >= 0.3 is 0 Å². The van der Waals surface area contributed by atoms with Gasteiger partial charge in [-0.05, 0) is 12.5 Å². The molecule has 0 spiro atoms. The van der Waals surface area contributed by atoms with Crippen LogP contribution in [0.4, 0.5) is 0 Å². The molecule has 1 rings (SSSR count). The van der Waals surface area contributed by atoms with E-state index in [1.165, 1.54) is 10.6 Å². The second kappa shape index (κ2) is 4.11. The van der Waals surface area contributed by atoms with Gasteiger partial charge in [-0.25, -0.2) is 8.42 Å². The van der Waals surface area contributed by atoms with Gasteiger partial charge < -0.3 is 0 Å². The quantitative estimate of drug-likeness (QED) is 0.765. The van der Waals surface area contributed by atoms with Crippen LogP contribution >= 0.6 is 0 Å². The predicted octanol–water partition coefficient (Wildman–Crippen LogP) is 1.64. The summed E-state index contributed by atoms with van der Waals surface area (Å²) >= 11 is 0. The van der Waals surface area contributed by atoms with E-state index >= 15 is 0 Å². The Kier molecular flexibility index (Phi) is 3.29. The maximum absolute atomic E-state index is 11.3. The van der Waals surface area contributed by atoms with Gasteiger partial charge in [-0.3, -0.25) is 0 Å². The van der Waals surface area contributed by atoms with E-state index in [1.807, 2.05) is 37.3 Å². The second-order valence-corrected chi connectivity index (χ2v) is 5.41.